The summed E-state index contributed by atoms with van der Waals surface area (Å²) >= 11 is 0. The van der Waals surface area contributed by atoms with E-state index in [2.05, 4.69) is 13.8 Å². The number of hydrogen-bond donors (Lipinski definition) is 2. The Morgan fingerprint density at radius 2 is 1.94 bits per heavy atom. The molecule has 2 rings (SSSR count). The van der Waals surface area contributed by atoms with Crippen LogP contribution in [-0.4, -0.2) is 29.0 Å². The third-order valence-corrected chi connectivity index (χ3v) is 3.70. The van der Waals surface area contributed by atoms with Gasteiger partial charge in [-0.05, 0) is 30.4 Å². The van der Waals surface area contributed by atoms with Crippen LogP contribution in [0.1, 0.15) is 37.0 Å². The molecule has 1 aliphatic rings. The van der Waals surface area contributed by atoms with Crippen LogP contribution in [0.25, 0.3) is 0 Å². The summed E-state index contributed by atoms with van der Waals surface area (Å²) in [6.07, 6.45) is 1.98. The molecule has 0 spiro atoms. The number of rotatable bonds is 1. The van der Waals surface area contributed by atoms with Crippen molar-refractivity contribution < 1.29 is 9.90 Å². The van der Waals surface area contributed by atoms with Crippen LogP contribution in [0.2, 0.25) is 0 Å². The molecule has 3 N–H and O–H groups in total. The van der Waals surface area contributed by atoms with Crippen molar-refractivity contribution in [2.75, 3.05) is 18.8 Å². The van der Waals surface area contributed by atoms with Crippen LogP contribution in [0.15, 0.2) is 18.2 Å². The minimum Gasteiger partial charge on any atom is -0.505 e. The molecular formula is C14H20N2O2. The zero-order valence-corrected chi connectivity index (χ0v) is 10.9. The van der Waals surface area contributed by atoms with E-state index in [1.54, 1.807) is 23.1 Å². The number of hydrogen-bond acceptors (Lipinski definition) is 3. The van der Waals surface area contributed by atoms with Crippen LogP contribution in [-0.2, 0) is 0 Å². The molecule has 0 aliphatic carbocycles. The fourth-order valence-electron chi connectivity index (χ4n) is 2.22. The molecule has 4 heteroatoms. The molecule has 1 fully saturated rings. The van der Waals surface area contributed by atoms with E-state index >= 15 is 0 Å². The van der Waals surface area contributed by atoms with Crippen molar-refractivity contribution in [3.05, 3.63) is 23.8 Å². The number of nitrogens with zero attached hydrogens (tertiary/aromatic N) is 1. The number of phenolic OH excluding ortho intramolecular Hbond substituents is 1. The molecule has 0 bridgehead atoms. The normalized spacial score (nSPS) is 18.7. The van der Waals surface area contributed by atoms with Crippen LogP contribution >= 0.6 is 0 Å². The quantitative estimate of drug-likeness (QED) is 0.591. The molecule has 1 saturated heterocycles. The van der Waals surface area contributed by atoms with Gasteiger partial charge in [-0.3, -0.25) is 4.79 Å². The lowest BCUT2D eigenvalue weighted by Gasteiger charge is -2.37. The first-order chi connectivity index (χ1) is 8.41. The molecule has 1 amide bonds. The summed E-state index contributed by atoms with van der Waals surface area (Å²) in [5, 5.41) is 9.83. The summed E-state index contributed by atoms with van der Waals surface area (Å²) in [7, 11) is 0. The fourth-order valence-corrected chi connectivity index (χ4v) is 2.22. The summed E-state index contributed by atoms with van der Waals surface area (Å²) in [5.74, 6) is -0.234. The van der Waals surface area contributed by atoms with Gasteiger partial charge in [0.2, 0.25) is 0 Å². The largest absolute Gasteiger partial charge is 0.505 e. The lowest BCUT2D eigenvalue weighted by Crippen LogP contribution is -2.41. The van der Waals surface area contributed by atoms with E-state index in [-0.39, 0.29) is 17.3 Å². The Kier molecular flexibility index (Phi) is 3.20. The van der Waals surface area contributed by atoms with Crippen molar-refractivity contribution >= 4 is 11.6 Å². The number of amides is 1. The molecule has 4 nitrogen and oxygen atoms in total. The van der Waals surface area contributed by atoms with Crippen molar-refractivity contribution in [2.24, 2.45) is 5.41 Å². The van der Waals surface area contributed by atoms with Crippen molar-refractivity contribution in [1.29, 1.82) is 0 Å². The highest BCUT2D eigenvalue weighted by Gasteiger charge is 2.29. The average molecular weight is 248 g/mol. The van der Waals surface area contributed by atoms with Crippen molar-refractivity contribution in [3.8, 4) is 5.75 Å². The van der Waals surface area contributed by atoms with Gasteiger partial charge < -0.3 is 15.7 Å². The van der Waals surface area contributed by atoms with Gasteiger partial charge >= 0.3 is 0 Å². The summed E-state index contributed by atoms with van der Waals surface area (Å²) in [6, 6.07) is 4.90. The topological polar surface area (TPSA) is 66.6 Å². The van der Waals surface area contributed by atoms with Crippen molar-refractivity contribution in [2.45, 2.75) is 26.7 Å². The minimum atomic E-state index is -0.129. The van der Waals surface area contributed by atoms with E-state index in [4.69, 9.17) is 5.73 Å². The number of phenols is 1. The Labute approximate surface area is 107 Å². The van der Waals surface area contributed by atoms with Crippen LogP contribution in [0, 0.1) is 5.41 Å². The van der Waals surface area contributed by atoms with Crippen LogP contribution in [0.4, 0.5) is 5.69 Å². The molecule has 1 heterocycles. The highest BCUT2D eigenvalue weighted by molar-refractivity contribution is 5.98. The Hall–Kier alpha value is -1.71. The number of aromatic hydroxyl groups is 1. The first-order valence-electron chi connectivity index (χ1n) is 6.27. The number of benzene rings is 1. The number of piperidine rings is 1. The molecule has 18 heavy (non-hydrogen) atoms. The summed E-state index contributed by atoms with van der Waals surface area (Å²) in [5.41, 5.74) is 6.46. The zero-order chi connectivity index (χ0) is 13.3. The summed E-state index contributed by atoms with van der Waals surface area (Å²) < 4.78 is 0. The molecule has 0 radical (unpaired) electrons. The molecule has 0 aromatic heterocycles. The van der Waals surface area contributed by atoms with Gasteiger partial charge in [-0.15, -0.1) is 0 Å². The predicted octanol–water partition coefficient (Wildman–Crippen LogP) is 2.24. The smallest absolute Gasteiger partial charge is 0.257 e. The number of carbonyl (C=O) groups is 1. The average Bonchev–Trinajstić information content (AvgIpc) is 2.32. The Morgan fingerprint density at radius 3 is 2.56 bits per heavy atom. The van der Waals surface area contributed by atoms with E-state index in [0.717, 1.165) is 25.9 Å². The van der Waals surface area contributed by atoms with E-state index in [1.807, 2.05) is 0 Å². The Bertz CT molecular complexity index is 459. The van der Waals surface area contributed by atoms with Gasteiger partial charge in [0.15, 0.2) is 5.75 Å². The maximum absolute atomic E-state index is 12.3. The van der Waals surface area contributed by atoms with Gasteiger partial charge in [0.1, 0.15) is 0 Å². The number of likely N-dealkylation sites (tertiary alicyclic amines) is 1. The van der Waals surface area contributed by atoms with Crippen molar-refractivity contribution in [1.82, 2.24) is 4.90 Å². The first kappa shape index (κ1) is 12.7. The van der Waals surface area contributed by atoms with E-state index in [9.17, 15) is 9.90 Å². The second-order valence-corrected chi connectivity index (χ2v) is 5.70. The molecule has 0 saturated carbocycles. The van der Waals surface area contributed by atoms with Gasteiger partial charge in [-0.2, -0.15) is 0 Å². The molecule has 0 unspecified atom stereocenters. The fraction of sp³-hybridized carbons (Fsp3) is 0.500. The van der Waals surface area contributed by atoms with E-state index in [1.165, 1.54) is 0 Å². The number of para-hydroxylation sites is 1. The second-order valence-electron chi connectivity index (χ2n) is 5.70. The molecule has 1 aliphatic heterocycles. The predicted molar refractivity (Wildman–Crippen MR) is 71.4 cm³/mol. The van der Waals surface area contributed by atoms with Gasteiger partial charge in [0.25, 0.3) is 5.91 Å². The lowest BCUT2D eigenvalue weighted by atomic mass is 9.82. The van der Waals surface area contributed by atoms with Gasteiger partial charge in [-0.25, -0.2) is 0 Å². The number of nitrogens with two attached hydrogens (primary N) is 1. The van der Waals surface area contributed by atoms with E-state index in [0.29, 0.717) is 11.0 Å². The maximum Gasteiger partial charge on any atom is 0.257 e. The van der Waals surface area contributed by atoms with Crippen molar-refractivity contribution in [3.63, 3.8) is 0 Å². The molecule has 1 aromatic carbocycles. The number of anilines is 1. The minimum absolute atomic E-state index is 0.104. The highest BCUT2D eigenvalue weighted by atomic mass is 16.3. The molecule has 0 atom stereocenters. The highest BCUT2D eigenvalue weighted by Crippen LogP contribution is 2.32. The molecular weight excluding hydrogens is 228 g/mol. The van der Waals surface area contributed by atoms with Crippen LogP contribution in [0.5, 0.6) is 5.75 Å². The van der Waals surface area contributed by atoms with Gasteiger partial charge in [0.05, 0.1) is 11.3 Å². The Balaban J connectivity index is 2.15. The lowest BCUT2D eigenvalue weighted by molar-refractivity contribution is 0.0627. The number of nitrogen functional groups attached to an aromatic ring is 1. The van der Waals surface area contributed by atoms with Crippen LogP contribution in [0.3, 0.4) is 0 Å². The third-order valence-electron chi connectivity index (χ3n) is 3.70. The first-order valence-corrected chi connectivity index (χ1v) is 6.27. The number of carbonyl (C=O) groups excluding carboxylic acids is 1. The maximum atomic E-state index is 12.3. The zero-order valence-electron chi connectivity index (χ0n) is 10.9. The second kappa shape index (κ2) is 4.52. The molecule has 98 valence electrons. The molecule has 1 aromatic rings. The van der Waals surface area contributed by atoms with Crippen LogP contribution < -0.4 is 5.73 Å². The summed E-state index contributed by atoms with van der Waals surface area (Å²) in [6.45, 7) is 5.90. The SMILES string of the molecule is CC1(C)CCN(C(=O)c2cccc(N)c2O)CC1. The third kappa shape index (κ3) is 2.42. The van der Waals surface area contributed by atoms with Gasteiger partial charge in [0, 0.05) is 13.1 Å². The monoisotopic (exact) mass is 248 g/mol. The Morgan fingerprint density at radius 1 is 1.33 bits per heavy atom. The standard InChI is InChI=1S/C14H20N2O2/c1-14(2)6-8-16(9-7-14)13(18)10-4-3-5-11(15)12(10)17/h3-5,17H,6-9,15H2,1-2H3. The van der Waals surface area contributed by atoms with Gasteiger partial charge in [-0.1, -0.05) is 19.9 Å². The summed E-state index contributed by atoms with van der Waals surface area (Å²) in [4.78, 5) is 14.1. The van der Waals surface area contributed by atoms with E-state index < -0.39 is 0 Å².